The van der Waals surface area contributed by atoms with Gasteiger partial charge in [-0.15, -0.1) is 0 Å². The van der Waals surface area contributed by atoms with Gasteiger partial charge in [0.25, 0.3) is 5.91 Å². The van der Waals surface area contributed by atoms with Crippen molar-refractivity contribution in [3.05, 3.63) is 66.6 Å². The average molecular weight is 539 g/mol. The van der Waals surface area contributed by atoms with Crippen molar-refractivity contribution in [2.75, 3.05) is 20.3 Å². The Kier molecular flexibility index (Phi) is 7.23. The van der Waals surface area contributed by atoms with Crippen LogP contribution in [0.3, 0.4) is 0 Å². The van der Waals surface area contributed by atoms with E-state index in [0.717, 1.165) is 75.6 Å². The highest BCUT2D eigenvalue weighted by molar-refractivity contribution is 6.16. The lowest BCUT2D eigenvalue weighted by Gasteiger charge is -2.29. The van der Waals surface area contributed by atoms with E-state index in [4.69, 9.17) is 15.2 Å². The predicted octanol–water partition coefficient (Wildman–Crippen LogP) is 4.81. The number of methoxy groups -OCH3 is 1. The number of pyridine rings is 1. The predicted molar refractivity (Wildman–Crippen MR) is 156 cm³/mol. The van der Waals surface area contributed by atoms with Gasteiger partial charge in [0.1, 0.15) is 12.4 Å². The molecular formula is C31H34N6O3. The van der Waals surface area contributed by atoms with Gasteiger partial charge < -0.3 is 25.5 Å². The second-order valence-electron chi connectivity index (χ2n) is 10.5. The summed E-state index contributed by atoms with van der Waals surface area (Å²) in [5, 5.41) is 9.51. The zero-order valence-electron chi connectivity index (χ0n) is 22.8. The molecule has 9 heteroatoms. The number of nitrogens with one attached hydrogen (secondary N) is 2. The molecule has 5 aromatic rings. The number of benzene rings is 2. The molecule has 3 heterocycles. The molecule has 9 nitrogen and oxygen atoms in total. The normalized spacial score (nSPS) is 17.4. The summed E-state index contributed by atoms with van der Waals surface area (Å²) in [5.41, 5.74) is 12.5. The first kappa shape index (κ1) is 26.0. The van der Waals surface area contributed by atoms with E-state index < -0.39 is 0 Å². The molecule has 0 spiro atoms. The Balaban J connectivity index is 1.41. The maximum absolute atomic E-state index is 13.0. The third kappa shape index (κ3) is 5.05. The summed E-state index contributed by atoms with van der Waals surface area (Å²) in [6.45, 7) is 0.894. The van der Waals surface area contributed by atoms with Gasteiger partial charge in [-0.25, -0.2) is 0 Å². The first-order valence-corrected chi connectivity index (χ1v) is 13.7. The van der Waals surface area contributed by atoms with Crippen LogP contribution in [-0.4, -0.2) is 58.1 Å². The Morgan fingerprint density at radius 1 is 1.07 bits per heavy atom. The van der Waals surface area contributed by atoms with Gasteiger partial charge in [0.15, 0.2) is 0 Å². The second kappa shape index (κ2) is 11.1. The molecule has 0 aliphatic heterocycles. The van der Waals surface area contributed by atoms with Gasteiger partial charge in [-0.1, -0.05) is 25.0 Å². The number of H-pyrrole nitrogens is 1. The standard InChI is InChI=1S/C31H34N6O3/c1-37-18-21(16-34-37)26-15-22-27(17-33-26)35-25-11-12-28(40-14-13-39-2)29(30(22)25)19-7-9-20(10-8-19)31(38)36-24-6-4-3-5-23(24)32/h7-12,15-18,23-24,35H,3-6,13-14,32H2,1-2H3,(H,36,38)/t23-,24-/m0/s1. The van der Waals surface area contributed by atoms with E-state index in [0.29, 0.717) is 18.8 Å². The first-order chi connectivity index (χ1) is 19.5. The molecule has 1 saturated carbocycles. The monoisotopic (exact) mass is 538 g/mol. The molecule has 1 fully saturated rings. The number of carbonyl (C=O) groups is 1. The third-order valence-electron chi connectivity index (χ3n) is 7.73. The zero-order chi connectivity index (χ0) is 27.6. The van der Waals surface area contributed by atoms with Gasteiger partial charge in [-0.05, 0) is 48.7 Å². The van der Waals surface area contributed by atoms with E-state index in [2.05, 4.69) is 26.4 Å². The van der Waals surface area contributed by atoms with Crippen LogP contribution >= 0.6 is 0 Å². The van der Waals surface area contributed by atoms with E-state index >= 15 is 0 Å². The van der Waals surface area contributed by atoms with E-state index in [1.54, 1.807) is 11.8 Å². The van der Waals surface area contributed by atoms with Gasteiger partial charge >= 0.3 is 0 Å². The van der Waals surface area contributed by atoms with Gasteiger partial charge in [0.05, 0.1) is 30.2 Å². The number of rotatable bonds is 8. The molecule has 206 valence electrons. The number of nitrogens with two attached hydrogens (primary N) is 1. The van der Waals surface area contributed by atoms with Crippen molar-refractivity contribution in [2.45, 2.75) is 37.8 Å². The number of amides is 1. The Hall–Kier alpha value is -4.21. The van der Waals surface area contributed by atoms with Gasteiger partial charge in [-0.3, -0.25) is 14.5 Å². The summed E-state index contributed by atoms with van der Waals surface area (Å²) in [6, 6.07) is 13.8. The number of fused-ring (bicyclic) bond motifs is 3. The number of hydrogen-bond acceptors (Lipinski definition) is 6. The second-order valence-corrected chi connectivity index (χ2v) is 10.5. The van der Waals surface area contributed by atoms with Crippen molar-refractivity contribution in [2.24, 2.45) is 12.8 Å². The maximum Gasteiger partial charge on any atom is 0.251 e. The Bertz CT molecular complexity index is 1660. The van der Waals surface area contributed by atoms with Crippen molar-refractivity contribution >= 4 is 27.7 Å². The molecule has 4 N–H and O–H groups in total. The average Bonchev–Trinajstić information content (AvgIpc) is 3.57. The number of aryl methyl sites for hydroxylation is 1. The SMILES string of the molecule is COCCOc1ccc2[nH]c3cnc(-c4cnn(C)c4)cc3c2c1-c1ccc(C(=O)N[C@H]2CCCC[C@@H]2N)cc1. The Labute approximate surface area is 232 Å². The molecule has 0 bridgehead atoms. The number of carbonyl (C=O) groups excluding carboxylic acids is 1. The lowest BCUT2D eigenvalue weighted by atomic mass is 9.91. The van der Waals surface area contributed by atoms with Gasteiger partial charge in [0, 0.05) is 65.4 Å². The van der Waals surface area contributed by atoms with E-state index in [1.165, 1.54) is 0 Å². The minimum Gasteiger partial charge on any atom is -0.491 e. The topological polar surface area (TPSA) is 120 Å². The first-order valence-electron chi connectivity index (χ1n) is 13.7. The fourth-order valence-corrected chi connectivity index (χ4v) is 5.61. The molecule has 1 amide bonds. The van der Waals surface area contributed by atoms with Crippen LogP contribution in [0.25, 0.3) is 44.2 Å². The molecule has 0 radical (unpaired) electrons. The smallest absolute Gasteiger partial charge is 0.251 e. The van der Waals surface area contributed by atoms with Crippen molar-refractivity contribution < 1.29 is 14.3 Å². The van der Waals surface area contributed by atoms with Crippen LogP contribution in [-0.2, 0) is 11.8 Å². The van der Waals surface area contributed by atoms with Crippen molar-refractivity contribution in [1.29, 1.82) is 0 Å². The van der Waals surface area contributed by atoms with Gasteiger partial charge in [-0.2, -0.15) is 5.10 Å². The molecule has 2 aromatic carbocycles. The minimum atomic E-state index is -0.0945. The van der Waals surface area contributed by atoms with Crippen LogP contribution in [0.2, 0.25) is 0 Å². The van der Waals surface area contributed by atoms with Crippen molar-refractivity contribution in [3.8, 4) is 28.1 Å². The van der Waals surface area contributed by atoms with Crippen LogP contribution in [0.1, 0.15) is 36.0 Å². The van der Waals surface area contributed by atoms with Crippen LogP contribution in [0.4, 0.5) is 0 Å². The largest absolute Gasteiger partial charge is 0.491 e. The summed E-state index contributed by atoms with van der Waals surface area (Å²) >= 11 is 0. The molecule has 0 saturated heterocycles. The number of nitrogens with zero attached hydrogens (tertiary/aromatic N) is 3. The molecule has 40 heavy (non-hydrogen) atoms. The Morgan fingerprint density at radius 3 is 2.65 bits per heavy atom. The third-order valence-corrected chi connectivity index (χ3v) is 7.73. The quantitative estimate of drug-likeness (QED) is 0.244. The molecule has 1 aliphatic carbocycles. The highest BCUT2D eigenvalue weighted by Crippen LogP contribution is 2.41. The lowest BCUT2D eigenvalue weighted by molar-refractivity contribution is 0.0921. The molecular weight excluding hydrogens is 504 g/mol. The molecule has 3 aromatic heterocycles. The number of aromatic nitrogens is 4. The van der Waals surface area contributed by atoms with Crippen LogP contribution in [0.15, 0.2) is 61.1 Å². The number of ether oxygens (including phenoxy) is 2. The summed E-state index contributed by atoms with van der Waals surface area (Å²) < 4.78 is 13.2. The summed E-state index contributed by atoms with van der Waals surface area (Å²) in [7, 11) is 3.55. The zero-order valence-corrected chi connectivity index (χ0v) is 22.8. The highest BCUT2D eigenvalue weighted by Gasteiger charge is 2.24. The number of aromatic amines is 1. The fourth-order valence-electron chi connectivity index (χ4n) is 5.61. The van der Waals surface area contributed by atoms with Crippen molar-refractivity contribution in [1.82, 2.24) is 25.1 Å². The molecule has 1 aliphatic rings. The van der Waals surface area contributed by atoms with Crippen LogP contribution < -0.4 is 15.8 Å². The molecule has 2 atom stereocenters. The van der Waals surface area contributed by atoms with E-state index in [-0.39, 0.29) is 18.0 Å². The molecule has 6 rings (SSSR count). The molecule has 0 unspecified atom stereocenters. The van der Waals surface area contributed by atoms with Gasteiger partial charge in [0.2, 0.25) is 0 Å². The summed E-state index contributed by atoms with van der Waals surface area (Å²) in [4.78, 5) is 21.2. The maximum atomic E-state index is 13.0. The van der Waals surface area contributed by atoms with Crippen LogP contribution in [0, 0.1) is 0 Å². The Morgan fingerprint density at radius 2 is 1.90 bits per heavy atom. The van der Waals surface area contributed by atoms with E-state index in [1.807, 2.05) is 62.0 Å². The van der Waals surface area contributed by atoms with Crippen molar-refractivity contribution in [3.63, 3.8) is 0 Å². The lowest BCUT2D eigenvalue weighted by Crippen LogP contribution is -2.49. The van der Waals surface area contributed by atoms with E-state index in [9.17, 15) is 4.79 Å². The summed E-state index contributed by atoms with van der Waals surface area (Å²) in [6.07, 6.45) is 9.71. The summed E-state index contributed by atoms with van der Waals surface area (Å²) in [5.74, 6) is 0.651. The fraction of sp³-hybridized carbons (Fsp3) is 0.323. The van der Waals surface area contributed by atoms with Crippen LogP contribution in [0.5, 0.6) is 5.75 Å². The number of hydrogen-bond donors (Lipinski definition) is 3. The highest BCUT2D eigenvalue weighted by atomic mass is 16.5. The minimum absolute atomic E-state index is 0.00861.